The van der Waals surface area contributed by atoms with Crippen LogP contribution in [0.3, 0.4) is 0 Å². The number of likely N-dealkylation sites (N-methyl/N-ethyl adjacent to an activating group) is 1. The molecule has 0 radical (unpaired) electrons. The van der Waals surface area contributed by atoms with Crippen LogP contribution >= 0.6 is 11.6 Å². The molecule has 0 aromatic heterocycles. The van der Waals surface area contributed by atoms with Crippen molar-refractivity contribution in [3.63, 3.8) is 0 Å². The molecule has 122 valence electrons. The number of rotatable bonds is 6. The van der Waals surface area contributed by atoms with E-state index in [9.17, 15) is 14.0 Å². The number of hydrogen-bond acceptors (Lipinski definition) is 3. The Bertz CT molecular complexity index is 562. The van der Waals surface area contributed by atoms with Gasteiger partial charge in [-0.15, -0.1) is 0 Å². The molecule has 1 aromatic carbocycles. The zero-order chi connectivity index (χ0) is 16.9. The van der Waals surface area contributed by atoms with Gasteiger partial charge in [-0.3, -0.25) is 9.59 Å². The highest BCUT2D eigenvalue weighted by Gasteiger charge is 2.35. The van der Waals surface area contributed by atoms with Crippen LogP contribution in [0.1, 0.15) is 13.8 Å². The predicted octanol–water partition coefficient (Wildman–Crippen LogP) is 2.12. The largest absolute Gasteiger partial charge is 0.354 e. The maximum Gasteiger partial charge on any atom is 0.239 e. The quantitative estimate of drug-likeness (QED) is 0.786. The summed E-state index contributed by atoms with van der Waals surface area (Å²) in [4.78, 5) is 26.3. The van der Waals surface area contributed by atoms with Crippen LogP contribution in [0.2, 0.25) is 5.02 Å². The zero-order valence-corrected chi connectivity index (χ0v) is 13.9. The van der Waals surface area contributed by atoms with E-state index < -0.39 is 17.1 Å². The molecular weight excluding hydrogens is 309 g/mol. The minimum Gasteiger partial charge on any atom is -0.354 e. The van der Waals surface area contributed by atoms with Crippen molar-refractivity contribution in [2.24, 2.45) is 5.41 Å². The van der Waals surface area contributed by atoms with Gasteiger partial charge in [-0.25, -0.2) is 4.39 Å². The van der Waals surface area contributed by atoms with Crippen LogP contribution in [0.5, 0.6) is 0 Å². The van der Waals surface area contributed by atoms with Gasteiger partial charge in [0.1, 0.15) is 11.2 Å². The molecule has 0 fully saturated rings. The van der Waals surface area contributed by atoms with E-state index in [4.69, 9.17) is 11.6 Å². The number of amides is 2. The number of carbonyl (C=O) groups is 2. The lowest BCUT2D eigenvalue weighted by molar-refractivity contribution is -0.138. The monoisotopic (exact) mass is 329 g/mol. The van der Waals surface area contributed by atoms with Crippen molar-refractivity contribution in [2.45, 2.75) is 13.8 Å². The molecule has 1 rings (SSSR count). The second kappa shape index (κ2) is 7.56. The molecule has 0 aliphatic rings. The SMILES string of the molecule is CN(C)CCNC(=O)C(C)(C)C(=O)Nc1ccc(F)c(Cl)c1. The number of benzene rings is 1. The first-order valence-corrected chi connectivity index (χ1v) is 7.22. The Morgan fingerprint density at radius 2 is 1.91 bits per heavy atom. The van der Waals surface area contributed by atoms with E-state index in [1.165, 1.54) is 26.0 Å². The molecule has 22 heavy (non-hydrogen) atoms. The molecule has 2 amide bonds. The highest BCUT2D eigenvalue weighted by molar-refractivity contribution is 6.31. The Morgan fingerprint density at radius 1 is 1.27 bits per heavy atom. The smallest absolute Gasteiger partial charge is 0.239 e. The van der Waals surface area contributed by atoms with E-state index in [-0.39, 0.29) is 10.9 Å². The summed E-state index contributed by atoms with van der Waals surface area (Å²) >= 11 is 5.66. The maximum atomic E-state index is 13.1. The molecule has 0 saturated carbocycles. The van der Waals surface area contributed by atoms with Gasteiger partial charge in [0.15, 0.2) is 0 Å². The second-order valence-electron chi connectivity index (χ2n) is 5.77. The summed E-state index contributed by atoms with van der Waals surface area (Å²) in [6.07, 6.45) is 0. The Kier molecular flexibility index (Phi) is 6.32. The lowest BCUT2D eigenvalue weighted by Gasteiger charge is -2.23. The van der Waals surface area contributed by atoms with Gasteiger partial charge in [-0.2, -0.15) is 0 Å². The molecule has 0 spiro atoms. The van der Waals surface area contributed by atoms with Crippen molar-refractivity contribution in [3.05, 3.63) is 29.0 Å². The Hall–Kier alpha value is -1.66. The molecule has 2 N–H and O–H groups in total. The van der Waals surface area contributed by atoms with Gasteiger partial charge in [0.2, 0.25) is 11.8 Å². The van der Waals surface area contributed by atoms with Crippen LogP contribution in [-0.4, -0.2) is 43.9 Å². The summed E-state index contributed by atoms with van der Waals surface area (Å²) in [6, 6.07) is 3.84. The van der Waals surface area contributed by atoms with Crippen LogP contribution in [0.15, 0.2) is 18.2 Å². The second-order valence-corrected chi connectivity index (χ2v) is 6.17. The summed E-state index contributed by atoms with van der Waals surface area (Å²) in [5, 5.41) is 5.19. The lowest BCUT2D eigenvalue weighted by atomic mass is 9.91. The van der Waals surface area contributed by atoms with Crippen molar-refractivity contribution in [3.8, 4) is 0 Å². The standard InChI is InChI=1S/C15H21ClFN3O2/c1-15(2,13(21)18-7-8-20(3)4)14(22)19-10-5-6-12(17)11(16)9-10/h5-6,9H,7-8H2,1-4H3,(H,18,21)(H,19,22). The predicted molar refractivity (Wildman–Crippen MR) is 85.4 cm³/mol. The maximum absolute atomic E-state index is 13.1. The third-order valence-electron chi connectivity index (χ3n) is 3.16. The van der Waals surface area contributed by atoms with Gasteiger partial charge in [0.05, 0.1) is 5.02 Å². The zero-order valence-electron chi connectivity index (χ0n) is 13.2. The van der Waals surface area contributed by atoms with Crippen molar-refractivity contribution >= 4 is 29.1 Å². The van der Waals surface area contributed by atoms with E-state index in [0.29, 0.717) is 18.8 Å². The molecule has 0 bridgehead atoms. The third kappa shape index (κ3) is 4.96. The average Bonchev–Trinajstić information content (AvgIpc) is 2.42. The van der Waals surface area contributed by atoms with Crippen LogP contribution in [0, 0.1) is 11.2 Å². The lowest BCUT2D eigenvalue weighted by Crippen LogP contribution is -2.46. The Balaban J connectivity index is 2.68. The fourth-order valence-corrected chi connectivity index (χ4v) is 1.76. The van der Waals surface area contributed by atoms with Crippen LogP contribution < -0.4 is 10.6 Å². The topological polar surface area (TPSA) is 61.4 Å². The molecule has 0 heterocycles. The van der Waals surface area contributed by atoms with E-state index in [2.05, 4.69) is 10.6 Å². The average molecular weight is 330 g/mol. The third-order valence-corrected chi connectivity index (χ3v) is 3.45. The minimum atomic E-state index is -1.26. The van der Waals surface area contributed by atoms with Gasteiger partial charge in [0, 0.05) is 18.8 Å². The Morgan fingerprint density at radius 3 is 2.45 bits per heavy atom. The molecule has 0 atom stereocenters. The van der Waals surface area contributed by atoms with Crippen LogP contribution in [0.4, 0.5) is 10.1 Å². The number of halogens is 2. The van der Waals surface area contributed by atoms with Crippen molar-refractivity contribution < 1.29 is 14.0 Å². The number of hydrogen-bond donors (Lipinski definition) is 2. The highest BCUT2D eigenvalue weighted by Crippen LogP contribution is 2.22. The fraction of sp³-hybridized carbons (Fsp3) is 0.467. The van der Waals surface area contributed by atoms with Crippen molar-refractivity contribution in [1.29, 1.82) is 0 Å². The van der Waals surface area contributed by atoms with Gasteiger partial charge in [-0.05, 0) is 46.1 Å². The summed E-state index contributed by atoms with van der Waals surface area (Å²) in [5.41, 5.74) is -0.918. The number of nitrogens with one attached hydrogen (secondary N) is 2. The molecule has 7 heteroatoms. The van der Waals surface area contributed by atoms with Gasteiger partial charge in [0.25, 0.3) is 0 Å². The van der Waals surface area contributed by atoms with Gasteiger partial charge in [-0.1, -0.05) is 11.6 Å². The van der Waals surface area contributed by atoms with E-state index in [1.807, 2.05) is 19.0 Å². The van der Waals surface area contributed by atoms with E-state index in [1.54, 1.807) is 0 Å². The Labute approximate surface area is 134 Å². The first-order valence-electron chi connectivity index (χ1n) is 6.84. The van der Waals surface area contributed by atoms with E-state index >= 15 is 0 Å². The van der Waals surface area contributed by atoms with Crippen LogP contribution in [0.25, 0.3) is 0 Å². The molecular formula is C15H21ClFN3O2. The normalized spacial score (nSPS) is 11.4. The molecule has 1 aromatic rings. The summed E-state index contributed by atoms with van der Waals surface area (Å²) < 4.78 is 13.1. The molecule has 0 aliphatic carbocycles. The van der Waals surface area contributed by atoms with Gasteiger partial charge >= 0.3 is 0 Å². The van der Waals surface area contributed by atoms with Crippen molar-refractivity contribution in [2.75, 3.05) is 32.5 Å². The number of nitrogens with zero attached hydrogens (tertiary/aromatic N) is 1. The fourth-order valence-electron chi connectivity index (χ4n) is 1.58. The summed E-state index contributed by atoms with van der Waals surface area (Å²) in [5.74, 6) is -1.43. The first kappa shape index (κ1) is 18.4. The highest BCUT2D eigenvalue weighted by atomic mass is 35.5. The number of anilines is 1. The minimum absolute atomic E-state index is 0.0916. The molecule has 0 aliphatic heterocycles. The number of carbonyl (C=O) groups excluding carboxylic acids is 2. The van der Waals surface area contributed by atoms with Crippen molar-refractivity contribution in [1.82, 2.24) is 10.2 Å². The van der Waals surface area contributed by atoms with Crippen LogP contribution in [-0.2, 0) is 9.59 Å². The van der Waals surface area contributed by atoms with E-state index in [0.717, 1.165) is 6.07 Å². The first-order chi connectivity index (χ1) is 10.1. The summed E-state index contributed by atoms with van der Waals surface area (Å²) in [7, 11) is 3.78. The van der Waals surface area contributed by atoms with Gasteiger partial charge < -0.3 is 15.5 Å². The molecule has 0 saturated heterocycles. The summed E-state index contributed by atoms with van der Waals surface area (Å²) in [6.45, 7) is 4.18. The molecule has 0 unspecified atom stereocenters. The molecule has 5 nitrogen and oxygen atoms in total.